The molecule has 0 heterocycles. The van der Waals surface area contributed by atoms with E-state index in [2.05, 4.69) is 35.6 Å². The van der Waals surface area contributed by atoms with Crippen LogP contribution in [0.25, 0.3) is 10.8 Å². The summed E-state index contributed by atoms with van der Waals surface area (Å²) in [5.41, 5.74) is 4.70. The van der Waals surface area contributed by atoms with Gasteiger partial charge in [0.05, 0.1) is 0 Å². The van der Waals surface area contributed by atoms with Gasteiger partial charge in [-0.2, -0.15) is 0 Å². The van der Waals surface area contributed by atoms with Gasteiger partial charge in [0.1, 0.15) is 0 Å². The summed E-state index contributed by atoms with van der Waals surface area (Å²) in [6.07, 6.45) is 10.5. The Hall–Kier alpha value is -1.34. The summed E-state index contributed by atoms with van der Waals surface area (Å²) in [6, 6.07) is 12.5. The van der Waals surface area contributed by atoms with Crippen LogP contribution in [0.3, 0.4) is 0 Å². The van der Waals surface area contributed by atoms with Crippen LogP contribution in [0.1, 0.15) is 48.8 Å². The second-order valence-electron chi connectivity index (χ2n) is 6.76. The minimum absolute atomic E-state index is 0.863. The van der Waals surface area contributed by atoms with E-state index in [0.717, 1.165) is 6.04 Å². The molecule has 0 saturated heterocycles. The second-order valence-corrected chi connectivity index (χ2v) is 6.76. The molecule has 0 radical (unpaired) electrons. The topological polar surface area (TPSA) is 12.0 Å². The molecule has 0 bridgehead atoms. The Labute approximate surface area is 127 Å². The van der Waals surface area contributed by atoms with Crippen molar-refractivity contribution in [3.8, 4) is 0 Å². The highest BCUT2D eigenvalue weighted by Gasteiger charge is 2.19. The average molecular weight is 279 g/mol. The zero-order valence-corrected chi connectivity index (χ0v) is 12.8. The van der Waals surface area contributed by atoms with E-state index in [-0.39, 0.29) is 0 Å². The van der Waals surface area contributed by atoms with E-state index in [9.17, 15) is 0 Å². The number of nitrogens with one attached hydrogen (secondary N) is 1. The second kappa shape index (κ2) is 5.81. The summed E-state index contributed by atoms with van der Waals surface area (Å²) in [7, 11) is 0. The molecule has 2 aromatic carbocycles. The Bertz CT molecular complexity index is 629. The van der Waals surface area contributed by atoms with Gasteiger partial charge in [-0.25, -0.2) is 0 Å². The number of rotatable bonds is 7. The third kappa shape index (κ3) is 2.85. The van der Waals surface area contributed by atoms with Crippen molar-refractivity contribution < 1.29 is 0 Å². The zero-order valence-electron chi connectivity index (χ0n) is 12.8. The number of aryl methyl sites for hydroxylation is 3. The van der Waals surface area contributed by atoms with Crippen LogP contribution < -0.4 is 5.32 Å². The number of benzene rings is 2. The van der Waals surface area contributed by atoms with Gasteiger partial charge in [0.25, 0.3) is 0 Å². The van der Waals surface area contributed by atoms with Gasteiger partial charge in [-0.1, -0.05) is 36.8 Å². The van der Waals surface area contributed by atoms with Crippen molar-refractivity contribution in [2.45, 2.75) is 57.4 Å². The third-order valence-electron chi connectivity index (χ3n) is 5.10. The van der Waals surface area contributed by atoms with E-state index in [1.54, 1.807) is 22.1 Å². The standard InChI is InChI=1S/C20H25N/c1(3-14-21-18-12-13-18)2-5-15-8-9-17-11-10-16-6-4-7-19(15)20(16)17/h4,6-9,18,21H,1-3,5,10-14H2. The van der Waals surface area contributed by atoms with Crippen molar-refractivity contribution in [1.29, 1.82) is 0 Å². The lowest BCUT2D eigenvalue weighted by Gasteiger charge is -2.09. The van der Waals surface area contributed by atoms with Gasteiger partial charge >= 0.3 is 0 Å². The van der Waals surface area contributed by atoms with Crippen molar-refractivity contribution in [1.82, 2.24) is 5.32 Å². The van der Waals surface area contributed by atoms with Gasteiger partial charge in [-0.05, 0) is 79.0 Å². The maximum absolute atomic E-state index is 3.61. The summed E-state index contributed by atoms with van der Waals surface area (Å²) in [5.74, 6) is 0. The molecule has 0 aromatic heterocycles. The van der Waals surface area contributed by atoms with Crippen LogP contribution in [0, 0.1) is 0 Å². The first-order valence-corrected chi connectivity index (χ1v) is 8.67. The van der Waals surface area contributed by atoms with Gasteiger partial charge in [-0.15, -0.1) is 0 Å². The highest BCUT2D eigenvalue weighted by atomic mass is 14.9. The smallest absolute Gasteiger partial charge is 0.00682 e. The van der Waals surface area contributed by atoms with E-state index in [1.165, 1.54) is 63.3 Å². The fraction of sp³-hybridized carbons (Fsp3) is 0.500. The molecule has 4 rings (SSSR count). The van der Waals surface area contributed by atoms with Crippen molar-refractivity contribution in [2.75, 3.05) is 6.54 Å². The first-order chi connectivity index (χ1) is 10.4. The van der Waals surface area contributed by atoms with E-state index in [0.29, 0.717) is 0 Å². The van der Waals surface area contributed by atoms with Crippen LogP contribution in [0.4, 0.5) is 0 Å². The molecule has 21 heavy (non-hydrogen) atoms. The molecule has 0 atom stereocenters. The van der Waals surface area contributed by atoms with Crippen molar-refractivity contribution in [3.05, 3.63) is 47.0 Å². The summed E-state index contributed by atoms with van der Waals surface area (Å²) in [5, 5.41) is 6.71. The maximum Gasteiger partial charge on any atom is 0.00682 e. The monoisotopic (exact) mass is 279 g/mol. The minimum Gasteiger partial charge on any atom is -0.314 e. The van der Waals surface area contributed by atoms with Gasteiger partial charge in [0.15, 0.2) is 0 Å². The Morgan fingerprint density at radius 3 is 2.62 bits per heavy atom. The molecule has 1 saturated carbocycles. The summed E-state index contributed by atoms with van der Waals surface area (Å²) in [6.45, 7) is 1.22. The molecule has 110 valence electrons. The number of unbranched alkanes of at least 4 members (excludes halogenated alkanes) is 2. The van der Waals surface area contributed by atoms with E-state index < -0.39 is 0 Å². The summed E-state index contributed by atoms with van der Waals surface area (Å²) >= 11 is 0. The molecular formula is C20H25N. The number of hydrogen-bond acceptors (Lipinski definition) is 1. The molecular weight excluding hydrogens is 254 g/mol. The first-order valence-electron chi connectivity index (χ1n) is 8.67. The van der Waals surface area contributed by atoms with Crippen molar-refractivity contribution >= 4 is 10.8 Å². The van der Waals surface area contributed by atoms with E-state index >= 15 is 0 Å². The Kier molecular flexibility index (Phi) is 3.69. The highest BCUT2D eigenvalue weighted by Crippen LogP contribution is 2.33. The fourth-order valence-electron chi connectivity index (χ4n) is 3.74. The highest BCUT2D eigenvalue weighted by molar-refractivity contribution is 5.93. The molecule has 2 aliphatic rings. The normalized spacial score (nSPS) is 16.8. The molecule has 2 aromatic rings. The van der Waals surface area contributed by atoms with Crippen molar-refractivity contribution in [3.63, 3.8) is 0 Å². The van der Waals surface area contributed by atoms with Crippen LogP contribution in [0.2, 0.25) is 0 Å². The largest absolute Gasteiger partial charge is 0.314 e. The SMILES string of the molecule is c1cc2c3c(ccc(CCCCCNC4CC4)c3c1)CC2. The minimum atomic E-state index is 0.863. The number of hydrogen-bond donors (Lipinski definition) is 1. The Morgan fingerprint density at radius 1 is 0.905 bits per heavy atom. The van der Waals surface area contributed by atoms with Crippen LogP contribution >= 0.6 is 0 Å². The average Bonchev–Trinajstić information content (AvgIpc) is 3.25. The predicted octanol–water partition coefficient (Wildman–Crippen LogP) is 4.40. The zero-order chi connectivity index (χ0) is 14.1. The quantitative estimate of drug-likeness (QED) is 0.741. The molecule has 1 nitrogen and oxygen atoms in total. The molecule has 0 aliphatic heterocycles. The van der Waals surface area contributed by atoms with Crippen LogP contribution in [-0.2, 0) is 19.3 Å². The lowest BCUT2D eigenvalue weighted by Crippen LogP contribution is -2.17. The molecule has 1 heteroatoms. The van der Waals surface area contributed by atoms with E-state index in [4.69, 9.17) is 0 Å². The molecule has 0 spiro atoms. The molecule has 1 fully saturated rings. The predicted molar refractivity (Wildman–Crippen MR) is 89.9 cm³/mol. The lowest BCUT2D eigenvalue weighted by atomic mass is 9.96. The van der Waals surface area contributed by atoms with Gasteiger partial charge < -0.3 is 5.32 Å². The van der Waals surface area contributed by atoms with Gasteiger partial charge in [0.2, 0.25) is 0 Å². The Balaban J connectivity index is 1.38. The van der Waals surface area contributed by atoms with Crippen LogP contribution in [-0.4, -0.2) is 12.6 Å². The molecule has 2 aliphatic carbocycles. The van der Waals surface area contributed by atoms with Crippen LogP contribution in [0.5, 0.6) is 0 Å². The third-order valence-corrected chi connectivity index (χ3v) is 5.10. The van der Waals surface area contributed by atoms with Crippen molar-refractivity contribution in [2.24, 2.45) is 0 Å². The summed E-state index contributed by atoms with van der Waals surface area (Å²) < 4.78 is 0. The van der Waals surface area contributed by atoms with E-state index in [1.807, 2.05) is 0 Å². The summed E-state index contributed by atoms with van der Waals surface area (Å²) in [4.78, 5) is 0. The molecule has 0 amide bonds. The molecule has 0 unspecified atom stereocenters. The van der Waals surface area contributed by atoms with Crippen LogP contribution in [0.15, 0.2) is 30.3 Å². The fourth-order valence-corrected chi connectivity index (χ4v) is 3.74. The molecule has 1 N–H and O–H groups in total. The maximum atomic E-state index is 3.61. The van der Waals surface area contributed by atoms with Gasteiger partial charge in [-0.3, -0.25) is 0 Å². The van der Waals surface area contributed by atoms with Gasteiger partial charge in [0, 0.05) is 6.04 Å². The first kappa shape index (κ1) is 13.3. The Morgan fingerprint density at radius 2 is 1.76 bits per heavy atom. The lowest BCUT2D eigenvalue weighted by molar-refractivity contribution is 0.601.